The summed E-state index contributed by atoms with van der Waals surface area (Å²) in [5, 5.41) is 10.4. The number of benzene rings is 3. The molecule has 0 aliphatic carbocycles. The second kappa shape index (κ2) is 8.58. The molecule has 0 saturated carbocycles. The molecule has 0 fully saturated rings. The van der Waals surface area contributed by atoms with Crippen LogP contribution in [-0.2, 0) is 20.0 Å². The maximum atomic E-state index is 12.7. The number of phenols is 1. The molecule has 0 unspecified atom stereocenters. The third-order valence-corrected chi connectivity index (χ3v) is 7.17. The van der Waals surface area contributed by atoms with Crippen molar-refractivity contribution in [2.24, 2.45) is 0 Å². The van der Waals surface area contributed by atoms with Gasteiger partial charge >= 0.3 is 0 Å². The third-order valence-electron chi connectivity index (χ3n) is 4.17. The van der Waals surface area contributed by atoms with Gasteiger partial charge in [0.25, 0.3) is 20.0 Å². The number of aromatic hydroxyl groups is 1. The van der Waals surface area contributed by atoms with Crippen molar-refractivity contribution < 1.29 is 26.7 Å². The van der Waals surface area contributed by atoms with Gasteiger partial charge in [0.15, 0.2) is 5.78 Å². The van der Waals surface area contributed by atoms with Crippen molar-refractivity contribution in [3.8, 4) is 5.75 Å². The first-order valence-electron chi connectivity index (χ1n) is 8.73. The van der Waals surface area contributed by atoms with Crippen LogP contribution in [0.3, 0.4) is 0 Å². The second-order valence-electron chi connectivity index (χ2n) is 6.48. The number of carbonyl (C=O) groups excluding carboxylic acids is 1. The lowest BCUT2D eigenvalue weighted by molar-refractivity contribution is 0.101. The Morgan fingerprint density at radius 3 is 2.06 bits per heavy atom. The molecule has 8 nitrogen and oxygen atoms in total. The van der Waals surface area contributed by atoms with E-state index in [4.69, 9.17) is 11.6 Å². The molecule has 0 aliphatic heterocycles. The van der Waals surface area contributed by atoms with E-state index in [0.717, 1.165) is 18.2 Å². The molecule has 0 heterocycles. The van der Waals surface area contributed by atoms with Crippen LogP contribution < -0.4 is 9.44 Å². The fraction of sp³-hybridized carbons (Fsp3) is 0.0500. The number of sulfonamides is 2. The van der Waals surface area contributed by atoms with Gasteiger partial charge in [-0.1, -0.05) is 29.8 Å². The zero-order valence-electron chi connectivity index (χ0n) is 16.0. The molecule has 3 aromatic rings. The third kappa shape index (κ3) is 5.35. The largest absolute Gasteiger partial charge is 0.506 e. The van der Waals surface area contributed by atoms with Gasteiger partial charge in [0, 0.05) is 10.6 Å². The van der Waals surface area contributed by atoms with Gasteiger partial charge < -0.3 is 5.11 Å². The summed E-state index contributed by atoms with van der Waals surface area (Å²) in [4.78, 5) is 10.9. The molecular weight excluding hydrogens is 464 g/mol. The molecule has 3 N–H and O–H groups in total. The van der Waals surface area contributed by atoms with Crippen LogP contribution in [0.1, 0.15) is 17.3 Å². The number of halogens is 1. The zero-order chi connectivity index (χ0) is 22.8. The van der Waals surface area contributed by atoms with Crippen LogP contribution in [0.4, 0.5) is 11.4 Å². The summed E-state index contributed by atoms with van der Waals surface area (Å²) in [7, 11) is -8.26. The van der Waals surface area contributed by atoms with Gasteiger partial charge in [-0.15, -0.1) is 0 Å². The van der Waals surface area contributed by atoms with Crippen LogP contribution in [0.25, 0.3) is 0 Å². The normalized spacial score (nSPS) is 11.7. The fourth-order valence-electron chi connectivity index (χ4n) is 2.60. The Hall–Kier alpha value is -3.08. The average Bonchev–Trinajstić information content (AvgIpc) is 2.69. The molecule has 0 aromatic heterocycles. The maximum Gasteiger partial charge on any atom is 0.262 e. The number of phenolic OH excluding ortho intramolecular Hbond substituents is 1. The predicted octanol–water partition coefficient (Wildman–Crippen LogP) is 3.85. The van der Waals surface area contributed by atoms with E-state index >= 15 is 0 Å². The molecule has 0 bridgehead atoms. The van der Waals surface area contributed by atoms with Gasteiger partial charge in [-0.2, -0.15) is 0 Å². The first-order valence-corrected chi connectivity index (χ1v) is 12.1. The Bertz CT molecular complexity index is 1350. The Balaban J connectivity index is 1.90. The summed E-state index contributed by atoms with van der Waals surface area (Å²) in [6.45, 7) is 1.35. The number of ketones is 1. The molecule has 31 heavy (non-hydrogen) atoms. The van der Waals surface area contributed by atoms with Crippen molar-refractivity contribution >= 4 is 48.8 Å². The first kappa shape index (κ1) is 22.6. The van der Waals surface area contributed by atoms with Crippen molar-refractivity contribution in [3.05, 3.63) is 77.3 Å². The highest BCUT2D eigenvalue weighted by Gasteiger charge is 2.20. The monoisotopic (exact) mass is 480 g/mol. The minimum Gasteiger partial charge on any atom is -0.506 e. The minimum atomic E-state index is -4.16. The number of rotatable bonds is 7. The van der Waals surface area contributed by atoms with Crippen molar-refractivity contribution in [2.75, 3.05) is 9.44 Å². The molecular formula is C20H17ClN2O6S2. The lowest BCUT2D eigenvalue weighted by atomic mass is 10.2. The van der Waals surface area contributed by atoms with Crippen LogP contribution in [0.15, 0.2) is 76.5 Å². The number of hydrogen-bond acceptors (Lipinski definition) is 6. The molecule has 0 spiro atoms. The first-order chi connectivity index (χ1) is 14.5. The number of Topliss-reactive ketones (excluding diaryl/α,β-unsaturated/α-hetero) is 1. The molecule has 11 heteroatoms. The van der Waals surface area contributed by atoms with Gasteiger partial charge in [0.2, 0.25) is 0 Å². The molecule has 3 aromatic carbocycles. The molecule has 3 rings (SSSR count). The van der Waals surface area contributed by atoms with E-state index in [-0.39, 0.29) is 26.9 Å². The highest BCUT2D eigenvalue weighted by molar-refractivity contribution is 7.93. The summed E-state index contributed by atoms with van der Waals surface area (Å²) in [6, 6.07) is 14.4. The molecule has 0 amide bonds. The van der Waals surface area contributed by atoms with E-state index < -0.39 is 25.8 Å². The van der Waals surface area contributed by atoms with Crippen LogP contribution in [-0.4, -0.2) is 27.7 Å². The summed E-state index contributed by atoms with van der Waals surface area (Å²) in [5.74, 6) is -0.690. The van der Waals surface area contributed by atoms with Crippen molar-refractivity contribution in [1.82, 2.24) is 0 Å². The Morgan fingerprint density at radius 2 is 1.45 bits per heavy atom. The molecule has 162 valence electrons. The quantitative estimate of drug-likeness (QED) is 0.348. The lowest BCUT2D eigenvalue weighted by Crippen LogP contribution is -2.16. The van der Waals surface area contributed by atoms with Gasteiger partial charge in [0.05, 0.1) is 21.2 Å². The number of hydrogen-bond donors (Lipinski definition) is 3. The topological polar surface area (TPSA) is 130 Å². The van der Waals surface area contributed by atoms with Gasteiger partial charge in [0.1, 0.15) is 5.75 Å². The van der Waals surface area contributed by atoms with E-state index in [1.165, 1.54) is 43.3 Å². The summed E-state index contributed by atoms with van der Waals surface area (Å²) < 4.78 is 55.1. The molecule has 0 aliphatic rings. The van der Waals surface area contributed by atoms with E-state index in [9.17, 15) is 26.7 Å². The van der Waals surface area contributed by atoms with Crippen LogP contribution in [0.2, 0.25) is 5.02 Å². The summed E-state index contributed by atoms with van der Waals surface area (Å²) >= 11 is 5.86. The second-order valence-corrected chi connectivity index (χ2v) is 10.3. The van der Waals surface area contributed by atoms with E-state index in [1.54, 1.807) is 12.1 Å². The average molecular weight is 481 g/mol. The smallest absolute Gasteiger partial charge is 0.262 e. The van der Waals surface area contributed by atoms with Crippen molar-refractivity contribution in [1.29, 1.82) is 0 Å². The molecule has 0 atom stereocenters. The summed E-state index contributed by atoms with van der Waals surface area (Å²) in [6.07, 6.45) is 0. The van der Waals surface area contributed by atoms with Gasteiger partial charge in [-0.05, 0) is 55.5 Å². The van der Waals surface area contributed by atoms with Gasteiger partial charge in [-0.25, -0.2) is 16.8 Å². The SMILES string of the molecule is CC(=O)c1ccc(S(=O)(=O)Nc2cc(S(=O)(=O)Nc3cccc(Cl)c3)ccc2O)cc1. The van der Waals surface area contributed by atoms with Crippen LogP contribution in [0, 0.1) is 0 Å². The predicted molar refractivity (Wildman–Crippen MR) is 118 cm³/mol. The fourth-order valence-corrected chi connectivity index (χ4v) is 4.93. The summed E-state index contributed by atoms with van der Waals surface area (Å²) in [5.41, 5.74) is 0.222. The number of anilines is 2. The minimum absolute atomic E-state index is 0.165. The highest BCUT2D eigenvalue weighted by Crippen LogP contribution is 2.30. The Labute approximate surface area is 184 Å². The van der Waals surface area contributed by atoms with Crippen LogP contribution in [0.5, 0.6) is 5.75 Å². The Kier molecular flexibility index (Phi) is 6.25. The number of carbonyl (C=O) groups is 1. The molecule has 0 saturated heterocycles. The molecule has 0 radical (unpaired) electrons. The number of nitrogens with one attached hydrogen (secondary N) is 2. The van der Waals surface area contributed by atoms with Crippen molar-refractivity contribution in [3.63, 3.8) is 0 Å². The van der Waals surface area contributed by atoms with Crippen LogP contribution >= 0.6 is 11.6 Å². The lowest BCUT2D eigenvalue weighted by Gasteiger charge is -2.13. The van der Waals surface area contributed by atoms with E-state index in [2.05, 4.69) is 9.44 Å². The standard InChI is InChI=1S/C20H17ClN2O6S2/c1-13(24)14-5-7-17(8-6-14)30(26,27)23-19-12-18(9-10-20(19)25)31(28,29)22-16-4-2-3-15(21)11-16/h2-12,22-23,25H,1H3. The Morgan fingerprint density at radius 1 is 0.839 bits per heavy atom. The van der Waals surface area contributed by atoms with Gasteiger partial charge in [-0.3, -0.25) is 14.2 Å². The zero-order valence-corrected chi connectivity index (χ0v) is 18.4. The maximum absolute atomic E-state index is 12.7. The van der Waals surface area contributed by atoms with E-state index in [1.807, 2.05) is 0 Å². The highest BCUT2D eigenvalue weighted by atomic mass is 35.5. The van der Waals surface area contributed by atoms with Crippen molar-refractivity contribution in [2.45, 2.75) is 16.7 Å². The van der Waals surface area contributed by atoms with E-state index in [0.29, 0.717) is 10.6 Å².